The number of nitrogens with two attached hydrogens (primary N) is 1. The summed E-state index contributed by atoms with van der Waals surface area (Å²) in [5.74, 6) is 0.266. The molecule has 0 bridgehead atoms. The first kappa shape index (κ1) is 25.2. The van der Waals surface area contributed by atoms with Crippen LogP contribution in [0.5, 0.6) is 0 Å². The molecular formula is C23H32N6O6S. The predicted molar refractivity (Wildman–Crippen MR) is 132 cm³/mol. The Bertz CT molecular complexity index is 1150. The third-order valence-corrected chi connectivity index (χ3v) is 7.26. The molecule has 2 aliphatic heterocycles. The highest BCUT2D eigenvalue weighted by molar-refractivity contribution is 8.00. The molecule has 2 aromatic heterocycles. The van der Waals surface area contributed by atoms with Crippen molar-refractivity contribution in [3.63, 3.8) is 0 Å². The number of thioether (sulfide) groups is 1. The molecule has 196 valence electrons. The minimum absolute atomic E-state index is 0.202. The van der Waals surface area contributed by atoms with Crippen molar-refractivity contribution in [2.24, 2.45) is 0 Å². The van der Waals surface area contributed by atoms with Crippen molar-refractivity contribution in [2.45, 2.75) is 88.3 Å². The monoisotopic (exact) mass is 520 g/mol. The minimum Gasteiger partial charge on any atom is -0.442 e. The van der Waals surface area contributed by atoms with Gasteiger partial charge in [0.1, 0.15) is 35.8 Å². The largest absolute Gasteiger partial charge is 0.442 e. The standard InChI is InChI=1S/C23H32N6O6S/c1-22(2,3)34-21(30)28-35-12-6-7-13(8-12)36-9-14-16-17(33-23(4,5)32-16)20(31-14)29-11-27-15-18(24)25-10-26-19(15)29/h6-7,10-14,16-17,20H,8-9H2,1-5H3,(H,28,30)(H2,24,25,26)/t12-,13-,14+,16+,17+,20+/m0/s1. The van der Waals surface area contributed by atoms with Gasteiger partial charge in [0.25, 0.3) is 0 Å². The Morgan fingerprint density at radius 3 is 2.81 bits per heavy atom. The highest BCUT2D eigenvalue weighted by Crippen LogP contribution is 2.45. The number of ether oxygens (including phenoxy) is 4. The van der Waals surface area contributed by atoms with Crippen molar-refractivity contribution < 1.29 is 28.6 Å². The SMILES string of the molecule is CC(C)(C)OC(=O)NO[C@H]1C=C[C@H](SC[C@H]2O[C@@H](n3cnc4c(N)ncnc43)[C@@H]3OC(C)(C)O[C@@H]32)C1. The van der Waals surface area contributed by atoms with E-state index in [1.165, 1.54) is 6.33 Å². The van der Waals surface area contributed by atoms with E-state index in [2.05, 4.69) is 26.5 Å². The summed E-state index contributed by atoms with van der Waals surface area (Å²) >= 11 is 1.74. The highest BCUT2D eigenvalue weighted by Gasteiger charge is 2.56. The van der Waals surface area contributed by atoms with Crippen molar-refractivity contribution in [3.05, 3.63) is 24.8 Å². The molecule has 36 heavy (non-hydrogen) atoms. The van der Waals surface area contributed by atoms with Crippen LogP contribution in [0.4, 0.5) is 10.6 Å². The van der Waals surface area contributed by atoms with Crippen molar-refractivity contribution in [3.8, 4) is 0 Å². The van der Waals surface area contributed by atoms with Crippen LogP contribution in [0, 0.1) is 0 Å². The van der Waals surface area contributed by atoms with Gasteiger partial charge in [-0.05, 0) is 41.0 Å². The molecule has 0 saturated carbocycles. The second-order valence-corrected chi connectivity index (χ2v) is 11.7. The Morgan fingerprint density at radius 1 is 1.25 bits per heavy atom. The molecule has 0 radical (unpaired) electrons. The molecule has 0 spiro atoms. The molecule has 3 N–H and O–H groups in total. The van der Waals surface area contributed by atoms with E-state index in [1.807, 2.05) is 24.5 Å². The van der Waals surface area contributed by atoms with E-state index in [4.69, 9.17) is 29.5 Å². The zero-order valence-corrected chi connectivity index (χ0v) is 21.7. The lowest BCUT2D eigenvalue weighted by molar-refractivity contribution is -0.193. The van der Waals surface area contributed by atoms with Gasteiger partial charge in [-0.3, -0.25) is 9.40 Å². The van der Waals surface area contributed by atoms with Crippen molar-refractivity contribution in [1.82, 2.24) is 25.0 Å². The predicted octanol–water partition coefficient (Wildman–Crippen LogP) is 2.71. The number of carbonyl (C=O) groups is 1. The fourth-order valence-electron chi connectivity index (χ4n) is 4.56. The first-order valence-corrected chi connectivity index (χ1v) is 12.9. The Morgan fingerprint density at radius 2 is 2.03 bits per heavy atom. The summed E-state index contributed by atoms with van der Waals surface area (Å²) in [5, 5.41) is 0.202. The highest BCUT2D eigenvalue weighted by atomic mass is 32.2. The summed E-state index contributed by atoms with van der Waals surface area (Å²) in [6.07, 6.45) is 5.71. The number of nitrogens with zero attached hydrogens (tertiary/aromatic N) is 4. The van der Waals surface area contributed by atoms with Crippen LogP contribution in [0.25, 0.3) is 11.2 Å². The second-order valence-electron chi connectivity index (χ2n) is 10.5. The number of carbonyl (C=O) groups excluding carboxylic acids is 1. The number of amides is 1. The van der Waals surface area contributed by atoms with E-state index in [1.54, 1.807) is 38.9 Å². The van der Waals surface area contributed by atoms with Gasteiger partial charge in [0.15, 0.2) is 23.5 Å². The summed E-state index contributed by atoms with van der Waals surface area (Å²) in [7, 11) is 0. The Kier molecular flexibility index (Phi) is 6.62. The summed E-state index contributed by atoms with van der Waals surface area (Å²) in [4.78, 5) is 30.1. The number of nitrogen functional groups attached to an aromatic ring is 1. The van der Waals surface area contributed by atoms with E-state index in [0.29, 0.717) is 22.7 Å². The number of imidazole rings is 1. The van der Waals surface area contributed by atoms with E-state index in [9.17, 15) is 4.79 Å². The molecule has 1 aliphatic carbocycles. The van der Waals surface area contributed by atoms with Crippen molar-refractivity contribution in [2.75, 3.05) is 11.5 Å². The molecule has 1 amide bonds. The molecule has 0 aromatic carbocycles. The lowest BCUT2D eigenvalue weighted by Crippen LogP contribution is -2.34. The molecule has 2 saturated heterocycles. The van der Waals surface area contributed by atoms with Crippen LogP contribution in [-0.2, 0) is 23.8 Å². The van der Waals surface area contributed by atoms with Gasteiger partial charge in [-0.15, -0.1) is 0 Å². The zero-order valence-electron chi connectivity index (χ0n) is 20.9. The number of aromatic nitrogens is 4. The Balaban J connectivity index is 1.20. The number of anilines is 1. The van der Waals surface area contributed by atoms with Crippen LogP contribution < -0.4 is 11.2 Å². The number of fused-ring (bicyclic) bond motifs is 2. The van der Waals surface area contributed by atoms with Crippen molar-refractivity contribution >= 4 is 34.8 Å². The van der Waals surface area contributed by atoms with Gasteiger partial charge in [-0.2, -0.15) is 17.2 Å². The van der Waals surface area contributed by atoms with Crippen LogP contribution in [0.3, 0.4) is 0 Å². The maximum atomic E-state index is 11.8. The van der Waals surface area contributed by atoms with E-state index >= 15 is 0 Å². The Hall–Kier alpha value is -2.45. The quantitative estimate of drug-likeness (QED) is 0.428. The van der Waals surface area contributed by atoms with Crippen LogP contribution in [0.2, 0.25) is 0 Å². The fraction of sp³-hybridized carbons (Fsp3) is 0.652. The Labute approximate surface area is 213 Å². The number of rotatable bonds is 6. The first-order valence-electron chi connectivity index (χ1n) is 11.9. The number of nitrogens with one attached hydrogen (secondary N) is 1. The molecule has 3 aliphatic rings. The van der Waals surface area contributed by atoms with Gasteiger partial charge >= 0.3 is 6.09 Å². The zero-order chi connectivity index (χ0) is 25.7. The van der Waals surface area contributed by atoms with Gasteiger partial charge in [-0.25, -0.2) is 19.7 Å². The summed E-state index contributed by atoms with van der Waals surface area (Å²) in [6.45, 7) is 9.20. The molecular weight excluding hydrogens is 488 g/mol. The third-order valence-electron chi connectivity index (χ3n) is 5.96. The molecule has 0 unspecified atom stereocenters. The number of hydrogen-bond donors (Lipinski definition) is 2. The summed E-state index contributed by atoms with van der Waals surface area (Å²) in [6, 6.07) is 0. The van der Waals surface area contributed by atoms with Gasteiger partial charge < -0.3 is 24.7 Å². The molecule has 13 heteroatoms. The van der Waals surface area contributed by atoms with Gasteiger partial charge in [0, 0.05) is 11.0 Å². The van der Waals surface area contributed by atoms with E-state index in [0.717, 1.165) is 6.42 Å². The molecule has 2 aromatic rings. The van der Waals surface area contributed by atoms with Crippen LogP contribution in [0.15, 0.2) is 24.8 Å². The van der Waals surface area contributed by atoms with Crippen molar-refractivity contribution in [1.29, 1.82) is 0 Å². The average molecular weight is 521 g/mol. The van der Waals surface area contributed by atoms with Gasteiger partial charge in [0.2, 0.25) is 0 Å². The summed E-state index contributed by atoms with van der Waals surface area (Å²) < 4.78 is 26.0. The van der Waals surface area contributed by atoms with Gasteiger partial charge in [-0.1, -0.05) is 12.2 Å². The normalized spacial score (nSPS) is 31.1. The maximum absolute atomic E-state index is 11.8. The smallest absolute Gasteiger partial charge is 0.431 e. The number of hydroxylamine groups is 1. The minimum atomic E-state index is -0.732. The van der Waals surface area contributed by atoms with Gasteiger partial charge in [0.05, 0.1) is 12.4 Å². The summed E-state index contributed by atoms with van der Waals surface area (Å²) in [5.41, 5.74) is 8.86. The van der Waals surface area contributed by atoms with Crippen LogP contribution in [0.1, 0.15) is 47.3 Å². The molecule has 12 nitrogen and oxygen atoms in total. The third kappa shape index (κ3) is 5.30. The maximum Gasteiger partial charge on any atom is 0.431 e. The lowest BCUT2D eigenvalue weighted by atomic mass is 10.1. The van der Waals surface area contributed by atoms with E-state index < -0.39 is 23.7 Å². The number of hydrogen-bond acceptors (Lipinski definition) is 11. The molecule has 2 fully saturated rings. The van der Waals surface area contributed by atoms with E-state index in [-0.39, 0.29) is 29.7 Å². The van der Waals surface area contributed by atoms with Crippen LogP contribution >= 0.6 is 11.8 Å². The first-order chi connectivity index (χ1) is 17.0. The second kappa shape index (κ2) is 9.45. The average Bonchev–Trinajstić information content (AvgIpc) is 3.53. The molecule has 5 rings (SSSR count). The fourth-order valence-corrected chi connectivity index (χ4v) is 5.79. The molecule has 4 heterocycles. The van der Waals surface area contributed by atoms with Crippen LogP contribution in [-0.4, -0.2) is 72.4 Å². The topological polar surface area (TPSA) is 145 Å². The lowest BCUT2D eigenvalue weighted by Gasteiger charge is -2.25. The molecule has 6 atom stereocenters.